The smallest absolute Gasteiger partial charge is 0.322 e. The first-order valence-corrected chi connectivity index (χ1v) is 7.49. The molecule has 1 rings (SSSR count). The Morgan fingerprint density at radius 1 is 0.800 bits per heavy atom. The van der Waals surface area contributed by atoms with Crippen molar-refractivity contribution in [2.45, 2.75) is 40.5 Å². The predicted molar refractivity (Wildman–Crippen MR) is 82.7 cm³/mol. The molecule has 1 aromatic rings. The SMILES string of the molecule is CCCN(CC)c1nc(OC)nc(N(CC)CCC)n1. The van der Waals surface area contributed by atoms with E-state index in [2.05, 4.69) is 52.4 Å². The standard InChI is InChI=1S/C14H27N5O/c1-6-10-18(8-3)12-15-13(17-14(16-12)20-5)19(9-4)11-7-2/h6-11H2,1-5H3. The second-order valence-electron chi connectivity index (χ2n) is 4.58. The van der Waals surface area contributed by atoms with E-state index >= 15 is 0 Å². The van der Waals surface area contributed by atoms with Gasteiger partial charge in [0.05, 0.1) is 7.11 Å². The largest absolute Gasteiger partial charge is 0.467 e. The average molecular weight is 281 g/mol. The van der Waals surface area contributed by atoms with E-state index in [-0.39, 0.29) is 0 Å². The maximum Gasteiger partial charge on any atom is 0.322 e. The monoisotopic (exact) mass is 281 g/mol. The number of rotatable bonds is 9. The van der Waals surface area contributed by atoms with Crippen molar-refractivity contribution in [2.24, 2.45) is 0 Å². The summed E-state index contributed by atoms with van der Waals surface area (Å²) in [7, 11) is 1.59. The van der Waals surface area contributed by atoms with E-state index in [0.29, 0.717) is 17.9 Å². The summed E-state index contributed by atoms with van der Waals surface area (Å²) in [6.07, 6.45) is 2.12. The highest BCUT2D eigenvalue weighted by Gasteiger charge is 2.15. The summed E-state index contributed by atoms with van der Waals surface area (Å²) in [5.41, 5.74) is 0. The van der Waals surface area contributed by atoms with Crippen molar-refractivity contribution in [3.8, 4) is 6.01 Å². The number of hydrogen-bond acceptors (Lipinski definition) is 6. The number of aromatic nitrogens is 3. The van der Waals surface area contributed by atoms with E-state index in [4.69, 9.17) is 4.74 Å². The van der Waals surface area contributed by atoms with Gasteiger partial charge in [0.15, 0.2) is 0 Å². The summed E-state index contributed by atoms with van der Waals surface area (Å²) in [5, 5.41) is 0. The van der Waals surface area contributed by atoms with Crippen molar-refractivity contribution in [1.29, 1.82) is 0 Å². The minimum Gasteiger partial charge on any atom is -0.467 e. The molecule has 0 aliphatic carbocycles. The summed E-state index contributed by atoms with van der Waals surface area (Å²) < 4.78 is 5.23. The molecule has 20 heavy (non-hydrogen) atoms. The number of nitrogens with zero attached hydrogens (tertiary/aromatic N) is 5. The van der Waals surface area contributed by atoms with Crippen LogP contribution in [-0.4, -0.2) is 48.2 Å². The number of hydrogen-bond donors (Lipinski definition) is 0. The van der Waals surface area contributed by atoms with Crippen molar-refractivity contribution in [3.05, 3.63) is 0 Å². The van der Waals surface area contributed by atoms with Crippen LogP contribution in [0.15, 0.2) is 0 Å². The molecule has 1 heterocycles. The van der Waals surface area contributed by atoms with Crippen LogP contribution in [0.25, 0.3) is 0 Å². The fraction of sp³-hybridized carbons (Fsp3) is 0.786. The van der Waals surface area contributed by atoms with Gasteiger partial charge in [-0.3, -0.25) is 0 Å². The van der Waals surface area contributed by atoms with Gasteiger partial charge in [-0.2, -0.15) is 15.0 Å². The van der Waals surface area contributed by atoms with Gasteiger partial charge >= 0.3 is 6.01 Å². The maximum absolute atomic E-state index is 5.23. The summed E-state index contributed by atoms with van der Waals surface area (Å²) in [6.45, 7) is 12.1. The van der Waals surface area contributed by atoms with Gasteiger partial charge in [0.25, 0.3) is 0 Å². The Balaban J connectivity index is 3.12. The van der Waals surface area contributed by atoms with Crippen molar-refractivity contribution in [1.82, 2.24) is 15.0 Å². The normalized spacial score (nSPS) is 10.4. The van der Waals surface area contributed by atoms with E-state index in [1.807, 2.05) is 0 Å². The van der Waals surface area contributed by atoms with Crippen LogP contribution < -0.4 is 14.5 Å². The van der Waals surface area contributed by atoms with Gasteiger partial charge in [-0.05, 0) is 26.7 Å². The topological polar surface area (TPSA) is 54.4 Å². The molecule has 0 aliphatic rings. The third-order valence-corrected chi connectivity index (χ3v) is 3.09. The Morgan fingerprint density at radius 2 is 1.25 bits per heavy atom. The molecule has 114 valence electrons. The van der Waals surface area contributed by atoms with Crippen LogP contribution in [0.4, 0.5) is 11.9 Å². The summed E-state index contributed by atoms with van der Waals surface area (Å²) in [6, 6.07) is 0.383. The maximum atomic E-state index is 5.23. The fourth-order valence-electron chi connectivity index (χ4n) is 2.05. The first-order valence-electron chi connectivity index (χ1n) is 7.49. The minimum absolute atomic E-state index is 0.383. The third-order valence-electron chi connectivity index (χ3n) is 3.09. The van der Waals surface area contributed by atoms with Gasteiger partial charge in [-0.1, -0.05) is 13.8 Å². The highest BCUT2D eigenvalue weighted by atomic mass is 16.5. The fourth-order valence-corrected chi connectivity index (χ4v) is 2.05. The van der Waals surface area contributed by atoms with Crippen LogP contribution in [0.1, 0.15) is 40.5 Å². The van der Waals surface area contributed by atoms with Gasteiger partial charge in [-0.15, -0.1) is 0 Å². The zero-order chi connectivity index (χ0) is 15.0. The lowest BCUT2D eigenvalue weighted by Crippen LogP contribution is -2.29. The molecule has 0 unspecified atom stereocenters. The molecule has 0 spiro atoms. The van der Waals surface area contributed by atoms with E-state index in [1.165, 1.54) is 0 Å². The molecule has 0 bridgehead atoms. The molecule has 0 amide bonds. The molecule has 0 aromatic carbocycles. The first kappa shape index (κ1) is 16.5. The van der Waals surface area contributed by atoms with E-state index in [9.17, 15) is 0 Å². The number of ether oxygens (including phenoxy) is 1. The molecule has 0 atom stereocenters. The molecular weight excluding hydrogens is 254 g/mol. The highest BCUT2D eigenvalue weighted by Crippen LogP contribution is 2.18. The quantitative estimate of drug-likeness (QED) is 0.692. The zero-order valence-electron chi connectivity index (χ0n) is 13.4. The van der Waals surface area contributed by atoms with E-state index in [0.717, 1.165) is 39.0 Å². The Morgan fingerprint density at radius 3 is 1.55 bits per heavy atom. The first-order chi connectivity index (χ1) is 9.69. The molecule has 6 heteroatoms. The Bertz CT molecular complexity index is 367. The number of anilines is 2. The van der Waals surface area contributed by atoms with Crippen molar-refractivity contribution in [3.63, 3.8) is 0 Å². The Kier molecular flexibility index (Phi) is 7.04. The second kappa shape index (κ2) is 8.55. The lowest BCUT2D eigenvalue weighted by atomic mass is 10.4. The molecular formula is C14H27N5O. The molecule has 6 nitrogen and oxygen atoms in total. The highest BCUT2D eigenvalue weighted by molar-refractivity contribution is 5.40. The van der Waals surface area contributed by atoms with Crippen LogP contribution in [-0.2, 0) is 0 Å². The molecule has 1 aromatic heterocycles. The van der Waals surface area contributed by atoms with Gasteiger partial charge in [0, 0.05) is 26.2 Å². The van der Waals surface area contributed by atoms with Gasteiger partial charge in [0.1, 0.15) is 0 Å². The molecule has 0 N–H and O–H groups in total. The molecule has 0 radical (unpaired) electrons. The van der Waals surface area contributed by atoms with Crippen LogP contribution in [0.2, 0.25) is 0 Å². The molecule has 0 aliphatic heterocycles. The zero-order valence-corrected chi connectivity index (χ0v) is 13.4. The second-order valence-corrected chi connectivity index (χ2v) is 4.58. The lowest BCUT2D eigenvalue weighted by molar-refractivity contribution is 0.377. The summed E-state index contributed by atoms with van der Waals surface area (Å²) in [4.78, 5) is 17.6. The van der Waals surface area contributed by atoms with Crippen molar-refractivity contribution < 1.29 is 4.74 Å². The average Bonchev–Trinajstić information content (AvgIpc) is 2.49. The predicted octanol–water partition coefficient (Wildman–Crippen LogP) is 2.35. The molecule has 0 saturated carbocycles. The van der Waals surface area contributed by atoms with Crippen LogP contribution in [0.3, 0.4) is 0 Å². The molecule has 0 fully saturated rings. The van der Waals surface area contributed by atoms with Crippen LogP contribution >= 0.6 is 0 Å². The van der Waals surface area contributed by atoms with E-state index < -0.39 is 0 Å². The Hall–Kier alpha value is -1.59. The Labute approximate surface area is 122 Å². The summed E-state index contributed by atoms with van der Waals surface area (Å²) in [5.74, 6) is 1.40. The van der Waals surface area contributed by atoms with Gasteiger partial charge in [-0.25, -0.2) is 0 Å². The van der Waals surface area contributed by atoms with Crippen molar-refractivity contribution >= 4 is 11.9 Å². The van der Waals surface area contributed by atoms with E-state index in [1.54, 1.807) is 7.11 Å². The third kappa shape index (κ3) is 4.21. The van der Waals surface area contributed by atoms with Crippen LogP contribution in [0.5, 0.6) is 6.01 Å². The lowest BCUT2D eigenvalue weighted by Gasteiger charge is -2.24. The van der Waals surface area contributed by atoms with Gasteiger partial charge < -0.3 is 14.5 Å². The molecule has 0 saturated heterocycles. The van der Waals surface area contributed by atoms with Crippen molar-refractivity contribution in [2.75, 3.05) is 43.1 Å². The summed E-state index contributed by atoms with van der Waals surface area (Å²) >= 11 is 0. The van der Waals surface area contributed by atoms with Crippen LogP contribution in [0, 0.1) is 0 Å². The van der Waals surface area contributed by atoms with Gasteiger partial charge in [0.2, 0.25) is 11.9 Å². The number of methoxy groups -OCH3 is 1. The minimum atomic E-state index is 0.383.